The third-order valence-corrected chi connectivity index (χ3v) is 12.0. The predicted molar refractivity (Wildman–Crippen MR) is 184 cm³/mol. The fraction of sp³-hybridized carbons (Fsp3) is 0.483. The van der Waals surface area contributed by atoms with Gasteiger partial charge >= 0.3 is 5.97 Å². The van der Waals surface area contributed by atoms with Gasteiger partial charge in [-0.2, -0.15) is 4.99 Å². The molecule has 3 heterocycles. The number of hydrogen-bond acceptors (Lipinski definition) is 10. The molecule has 4 rings (SSSR count). The summed E-state index contributed by atoms with van der Waals surface area (Å²) < 4.78 is 15.6. The van der Waals surface area contributed by atoms with E-state index < -0.39 is 8.07 Å². The summed E-state index contributed by atoms with van der Waals surface area (Å²) in [5.74, 6) is 1.21. The fourth-order valence-corrected chi connectivity index (χ4v) is 7.31. The highest BCUT2D eigenvalue weighted by molar-refractivity contribution is 14.1. The first-order valence-corrected chi connectivity index (χ1v) is 20.9. The third-order valence-electron chi connectivity index (χ3n) is 6.53. The molecule has 0 fully saturated rings. The Morgan fingerprint density at radius 1 is 1.21 bits per heavy atom. The van der Waals surface area contributed by atoms with Gasteiger partial charge in [-0.1, -0.05) is 72.6 Å². The van der Waals surface area contributed by atoms with Crippen molar-refractivity contribution in [3.63, 3.8) is 0 Å². The molecule has 1 unspecified atom stereocenters. The molecule has 13 heteroatoms. The fourth-order valence-electron chi connectivity index (χ4n) is 4.04. The summed E-state index contributed by atoms with van der Waals surface area (Å²) in [7, 11) is 0.707. The monoisotopic (exact) mass is 738 g/mol. The van der Waals surface area contributed by atoms with Gasteiger partial charge in [0.15, 0.2) is 27.3 Å². The number of para-hydroxylation sites is 1. The van der Waals surface area contributed by atoms with Crippen molar-refractivity contribution in [1.82, 2.24) is 19.7 Å². The van der Waals surface area contributed by atoms with Crippen LogP contribution in [0.5, 0.6) is 0 Å². The number of esters is 1. The number of hydrogen-bond donors (Lipinski definition) is 0. The van der Waals surface area contributed by atoms with Gasteiger partial charge in [0.05, 0.1) is 16.8 Å². The second-order valence-corrected chi connectivity index (χ2v) is 20.0. The van der Waals surface area contributed by atoms with Crippen LogP contribution in [-0.4, -0.2) is 58.5 Å². The lowest BCUT2D eigenvalue weighted by Crippen LogP contribution is -2.23. The number of aromatic nitrogens is 4. The highest BCUT2D eigenvalue weighted by atomic mass is 127. The SMILES string of the molecule is CCOC(=O)c1nc(N(C)c2cc(C)c(/N=c3\sc4ccccc4n3COCC[Si](C)(C)C)nn2)sc1CC(C)CI. The van der Waals surface area contributed by atoms with Crippen LogP contribution in [0.25, 0.3) is 10.2 Å². The smallest absolute Gasteiger partial charge is 0.358 e. The van der Waals surface area contributed by atoms with E-state index in [2.05, 4.69) is 81.0 Å². The average Bonchev–Trinajstić information content (AvgIpc) is 3.52. The number of benzene rings is 1. The molecule has 0 N–H and O–H groups in total. The van der Waals surface area contributed by atoms with Crippen LogP contribution in [0.2, 0.25) is 25.7 Å². The van der Waals surface area contributed by atoms with Crippen molar-refractivity contribution in [2.75, 3.05) is 29.6 Å². The van der Waals surface area contributed by atoms with Gasteiger partial charge in [-0.05, 0) is 56.0 Å². The molecular formula is C29H39IN6O3S2Si. The van der Waals surface area contributed by atoms with Gasteiger partial charge in [0, 0.05) is 31.0 Å². The molecular weight excluding hydrogens is 699 g/mol. The van der Waals surface area contributed by atoms with E-state index in [1.165, 1.54) is 11.3 Å². The predicted octanol–water partition coefficient (Wildman–Crippen LogP) is 7.36. The quantitative estimate of drug-likeness (QED) is 0.0465. The van der Waals surface area contributed by atoms with Gasteiger partial charge < -0.3 is 14.4 Å². The third kappa shape index (κ3) is 8.24. The topological polar surface area (TPSA) is 94.7 Å². The largest absolute Gasteiger partial charge is 0.461 e. The van der Waals surface area contributed by atoms with Crippen molar-refractivity contribution >= 4 is 86.3 Å². The van der Waals surface area contributed by atoms with Crippen LogP contribution in [0.1, 0.15) is 34.8 Å². The molecule has 9 nitrogen and oxygen atoms in total. The molecule has 0 saturated heterocycles. The maximum Gasteiger partial charge on any atom is 0.358 e. The molecule has 0 spiro atoms. The van der Waals surface area contributed by atoms with E-state index >= 15 is 0 Å². The first kappa shape index (κ1) is 32.7. The lowest BCUT2D eigenvalue weighted by atomic mass is 10.1. The number of fused-ring (bicyclic) bond motifs is 1. The second-order valence-electron chi connectivity index (χ2n) is 11.5. The van der Waals surface area contributed by atoms with Gasteiger partial charge in [-0.25, -0.2) is 9.78 Å². The van der Waals surface area contributed by atoms with E-state index in [4.69, 9.17) is 14.5 Å². The zero-order chi connectivity index (χ0) is 30.4. The van der Waals surface area contributed by atoms with Crippen LogP contribution < -0.4 is 9.70 Å². The number of thiazole rings is 2. The number of halogens is 1. The lowest BCUT2D eigenvalue weighted by Gasteiger charge is -2.16. The average molecular weight is 739 g/mol. The van der Waals surface area contributed by atoms with Crippen molar-refractivity contribution in [2.24, 2.45) is 10.9 Å². The Hall–Kier alpha value is -2.20. The van der Waals surface area contributed by atoms with Crippen LogP contribution in [0.15, 0.2) is 35.3 Å². The number of carbonyl (C=O) groups excluding carboxylic acids is 1. The van der Waals surface area contributed by atoms with Gasteiger partial charge in [0.25, 0.3) is 0 Å². The molecule has 1 aromatic carbocycles. The Labute approximate surface area is 270 Å². The molecule has 0 aliphatic carbocycles. The summed E-state index contributed by atoms with van der Waals surface area (Å²) >= 11 is 5.47. The number of rotatable bonds is 13. The summed E-state index contributed by atoms with van der Waals surface area (Å²) in [6.07, 6.45) is 0.766. The summed E-state index contributed by atoms with van der Waals surface area (Å²) in [5.41, 5.74) is 2.36. The molecule has 0 amide bonds. The van der Waals surface area contributed by atoms with E-state index in [0.717, 1.165) is 49.0 Å². The summed E-state index contributed by atoms with van der Waals surface area (Å²) in [6, 6.07) is 11.3. The Balaban J connectivity index is 1.63. The second kappa shape index (κ2) is 14.5. The molecule has 0 radical (unpaired) electrons. The van der Waals surface area contributed by atoms with Crippen LogP contribution >= 0.6 is 45.3 Å². The number of ether oxygens (including phenoxy) is 2. The van der Waals surface area contributed by atoms with Crippen LogP contribution in [0, 0.1) is 12.8 Å². The molecule has 4 aromatic rings. The van der Waals surface area contributed by atoms with Gasteiger partial charge in [0.2, 0.25) is 0 Å². The molecule has 42 heavy (non-hydrogen) atoms. The van der Waals surface area contributed by atoms with Crippen LogP contribution in [0.4, 0.5) is 16.8 Å². The van der Waals surface area contributed by atoms with Crippen molar-refractivity contribution in [3.05, 3.63) is 51.3 Å². The normalized spacial score (nSPS) is 13.1. The number of nitrogens with zero attached hydrogens (tertiary/aromatic N) is 6. The summed E-state index contributed by atoms with van der Waals surface area (Å²) in [6.45, 7) is 14.5. The standard InChI is InChI=1S/C29H39IN6O3S2Si/c1-8-39-27(37)25-23(15-19(2)17-30)41-28(31-25)35(4)24-16-20(3)26(34-33-24)32-29-36(18-38-13-14-42(5,6)7)21-11-9-10-12-22(21)40-29/h9-12,16,19H,8,13-15,17-18H2,1-7H3/b32-29-. The van der Waals surface area contributed by atoms with Gasteiger partial charge in [-0.3, -0.25) is 4.57 Å². The number of anilines is 2. The summed E-state index contributed by atoms with van der Waals surface area (Å²) in [4.78, 5) is 25.8. The zero-order valence-corrected chi connectivity index (χ0v) is 30.1. The lowest BCUT2D eigenvalue weighted by molar-refractivity contribution is 0.0519. The van der Waals surface area contributed by atoms with Crippen molar-refractivity contribution < 1.29 is 14.3 Å². The van der Waals surface area contributed by atoms with E-state index in [1.807, 2.05) is 37.1 Å². The molecule has 0 aliphatic heterocycles. The number of aryl methyl sites for hydroxylation is 1. The minimum atomic E-state index is -1.18. The van der Waals surface area contributed by atoms with E-state index in [1.54, 1.807) is 18.3 Å². The van der Waals surface area contributed by atoms with Crippen molar-refractivity contribution in [1.29, 1.82) is 0 Å². The maximum absolute atomic E-state index is 12.7. The molecule has 0 aliphatic rings. The Kier molecular flexibility index (Phi) is 11.3. The van der Waals surface area contributed by atoms with Gasteiger partial charge in [-0.15, -0.1) is 21.5 Å². The Bertz CT molecular complexity index is 1600. The maximum atomic E-state index is 12.7. The number of carbonyl (C=O) groups is 1. The van der Waals surface area contributed by atoms with E-state index in [-0.39, 0.29) is 5.97 Å². The van der Waals surface area contributed by atoms with E-state index in [0.29, 0.717) is 41.7 Å². The molecule has 3 aromatic heterocycles. The minimum absolute atomic E-state index is 0.308. The van der Waals surface area contributed by atoms with Crippen molar-refractivity contribution in [2.45, 2.75) is 59.6 Å². The number of alkyl halides is 1. The van der Waals surface area contributed by atoms with E-state index in [9.17, 15) is 4.79 Å². The molecule has 226 valence electrons. The minimum Gasteiger partial charge on any atom is -0.461 e. The first-order valence-electron chi connectivity index (χ1n) is 14.0. The zero-order valence-electron chi connectivity index (χ0n) is 25.3. The highest BCUT2D eigenvalue weighted by Gasteiger charge is 2.23. The molecule has 1 atom stereocenters. The Morgan fingerprint density at radius 2 is 1.98 bits per heavy atom. The molecule has 0 saturated carbocycles. The Morgan fingerprint density at radius 3 is 2.67 bits per heavy atom. The van der Waals surface area contributed by atoms with Gasteiger partial charge in [0.1, 0.15) is 6.73 Å². The highest BCUT2D eigenvalue weighted by Crippen LogP contribution is 2.33. The van der Waals surface area contributed by atoms with Crippen LogP contribution in [0.3, 0.4) is 0 Å². The van der Waals surface area contributed by atoms with Crippen LogP contribution in [-0.2, 0) is 22.6 Å². The molecule has 0 bridgehead atoms. The first-order chi connectivity index (χ1) is 20.0. The van der Waals surface area contributed by atoms with Crippen molar-refractivity contribution in [3.8, 4) is 0 Å². The summed E-state index contributed by atoms with van der Waals surface area (Å²) in [5, 5.41) is 9.67.